The molecule has 1 aliphatic rings. The Kier molecular flexibility index (Phi) is 5.02. The molecule has 1 aliphatic heterocycles. The Morgan fingerprint density at radius 2 is 2.09 bits per heavy atom. The first-order valence-electron chi connectivity index (χ1n) is 8.02. The number of nitrogens with one attached hydrogen (secondary N) is 1. The van der Waals surface area contributed by atoms with E-state index in [2.05, 4.69) is 44.2 Å². The minimum Gasteiger partial charge on any atom is -0.379 e. The maximum absolute atomic E-state index is 5.68. The van der Waals surface area contributed by atoms with Crippen molar-refractivity contribution in [3.8, 4) is 0 Å². The fourth-order valence-corrected chi connectivity index (χ4v) is 2.77. The molecule has 2 atom stereocenters. The van der Waals surface area contributed by atoms with E-state index < -0.39 is 0 Å². The molecule has 0 saturated carbocycles. The molecule has 3 heterocycles. The lowest BCUT2D eigenvalue weighted by Crippen LogP contribution is -2.30. The molecule has 1 fully saturated rings. The summed E-state index contributed by atoms with van der Waals surface area (Å²) in [5.74, 6) is 2.21. The van der Waals surface area contributed by atoms with Gasteiger partial charge >= 0.3 is 0 Å². The fourth-order valence-electron chi connectivity index (χ4n) is 2.77. The summed E-state index contributed by atoms with van der Waals surface area (Å²) in [4.78, 5) is 14.8. The van der Waals surface area contributed by atoms with Gasteiger partial charge in [-0.1, -0.05) is 0 Å². The predicted molar refractivity (Wildman–Crippen MR) is 90.6 cm³/mol. The molecule has 1 saturated heterocycles. The van der Waals surface area contributed by atoms with Crippen LogP contribution in [0.2, 0.25) is 0 Å². The van der Waals surface area contributed by atoms with Crippen LogP contribution in [0.1, 0.15) is 12.5 Å². The number of aromatic nitrogens is 3. The first-order chi connectivity index (χ1) is 11.3. The molecule has 2 aromatic heterocycles. The first kappa shape index (κ1) is 15.7. The molecule has 0 aliphatic carbocycles. The van der Waals surface area contributed by atoms with Crippen LogP contribution in [0.4, 0.5) is 11.6 Å². The Morgan fingerprint density at radius 1 is 1.26 bits per heavy atom. The average Bonchev–Trinajstić information content (AvgIpc) is 3.02. The minimum atomic E-state index is 0.262. The van der Waals surface area contributed by atoms with Gasteiger partial charge in [-0.2, -0.15) is 0 Å². The van der Waals surface area contributed by atoms with Crippen LogP contribution < -0.4 is 10.2 Å². The van der Waals surface area contributed by atoms with Crippen molar-refractivity contribution in [1.29, 1.82) is 0 Å². The zero-order chi connectivity index (χ0) is 16.1. The van der Waals surface area contributed by atoms with E-state index in [1.165, 1.54) is 5.56 Å². The van der Waals surface area contributed by atoms with Crippen molar-refractivity contribution in [1.82, 2.24) is 15.0 Å². The van der Waals surface area contributed by atoms with Crippen molar-refractivity contribution < 1.29 is 4.74 Å². The van der Waals surface area contributed by atoms with Crippen molar-refractivity contribution in [2.24, 2.45) is 5.92 Å². The molecule has 23 heavy (non-hydrogen) atoms. The summed E-state index contributed by atoms with van der Waals surface area (Å²) in [6.07, 6.45) is 6.26. The summed E-state index contributed by atoms with van der Waals surface area (Å²) in [6.45, 7) is 4.49. The molecule has 0 spiro atoms. The molecule has 0 aromatic carbocycles. The van der Waals surface area contributed by atoms with Gasteiger partial charge < -0.3 is 15.0 Å². The monoisotopic (exact) mass is 313 g/mol. The second-order valence-corrected chi connectivity index (χ2v) is 5.88. The maximum Gasteiger partial charge on any atom is 0.133 e. The maximum atomic E-state index is 5.68. The van der Waals surface area contributed by atoms with Crippen LogP contribution in [0.3, 0.4) is 0 Å². The topological polar surface area (TPSA) is 63.2 Å². The van der Waals surface area contributed by atoms with Gasteiger partial charge in [-0.25, -0.2) is 9.97 Å². The molecule has 0 unspecified atom stereocenters. The van der Waals surface area contributed by atoms with Crippen LogP contribution >= 0.6 is 0 Å². The number of ether oxygens (including phenoxy) is 1. The lowest BCUT2D eigenvalue weighted by atomic mass is 9.95. The van der Waals surface area contributed by atoms with Gasteiger partial charge in [0.25, 0.3) is 0 Å². The standard InChI is InChI=1S/C17H23N5O/c1-3-22(2)17-9-16(19-12-20-17)21-15-11-23-10-14(15)8-13-4-6-18-7-5-13/h4-7,9,12,14-15H,3,8,10-11H2,1-2H3,(H,19,20,21)/t14-,15-/m1/s1. The molecule has 1 N–H and O–H groups in total. The number of hydrogen-bond donors (Lipinski definition) is 1. The Balaban J connectivity index is 1.67. The van der Waals surface area contributed by atoms with Crippen molar-refractivity contribution >= 4 is 11.6 Å². The molecule has 2 aromatic rings. The van der Waals surface area contributed by atoms with Crippen molar-refractivity contribution in [2.75, 3.05) is 37.0 Å². The second kappa shape index (κ2) is 7.37. The molecule has 6 nitrogen and oxygen atoms in total. The Hall–Kier alpha value is -2.21. The summed E-state index contributed by atoms with van der Waals surface area (Å²) < 4.78 is 5.68. The zero-order valence-electron chi connectivity index (χ0n) is 13.6. The zero-order valence-corrected chi connectivity index (χ0v) is 13.6. The normalized spacial score (nSPS) is 20.4. The predicted octanol–water partition coefficient (Wildman–Crippen LogP) is 2.00. The van der Waals surface area contributed by atoms with Gasteiger partial charge in [0, 0.05) is 38.0 Å². The van der Waals surface area contributed by atoms with E-state index in [-0.39, 0.29) is 6.04 Å². The number of hydrogen-bond acceptors (Lipinski definition) is 6. The highest BCUT2D eigenvalue weighted by molar-refractivity contribution is 5.48. The molecular formula is C17H23N5O. The Labute approximate surface area is 136 Å². The lowest BCUT2D eigenvalue weighted by molar-refractivity contribution is 0.185. The van der Waals surface area contributed by atoms with Gasteiger partial charge in [0.05, 0.1) is 19.3 Å². The van der Waals surface area contributed by atoms with Gasteiger partial charge in [-0.05, 0) is 31.0 Å². The SMILES string of the molecule is CCN(C)c1cc(N[C@@H]2COC[C@H]2Cc2ccncc2)ncn1. The Bertz CT molecular complexity index is 621. The summed E-state index contributed by atoms with van der Waals surface area (Å²) in [7, 11) is 2.02. The smallest absolute Gasteiger partial charge is 0.133 e. The van der Waals surface area contributed by atoms with Crippen LogP contribution in [0.15, 0.2) is 36.9 Å². The van der Waals surface area contributed by atoms with Crippen LogP contribution in [0.5, 0.6) is 0 Å². The number of nitrogens with zero attached hydrogens (tertiary/aromatic N) is 4. The van der Waals surface area contributed by atoms with Gasteiger partial charge in [0.1, 0.15) is 18.0 Å². The van der Waals surface area contributed by atoms with Gasteiger partial charge in [0.15, 0.2) is 0 Å². The highest BCUT2D eigenvalue weighted by Gasteiger charge is 2.28. The number of anilines is 2. The van der Waals surface area contributed by atoms with Crippen molar-refractivity contribution in [3.05, 3.63) is 42.5 Å². The highest BCUT2D eigenvalue weighted by Crippen LogP contribution is 2.23. The van der Waals surface area contributed by atoms with E-state index in [0.29, 0.717) is 12.5 Å². The average molecular weight is 313 g/mol. The van der Waals surface area contributed by atoms with E-state index >= 15 is 0 Å². The summed E-state index contributed by atoms with van der Waals surface area (Å²) in [5, 5.41) is 3.51. The fraction of sp³-hybridized carbons (Fsp3) is 0.471. The van der Waals surface area contributed by atoms with Crippen molar-refractivity contribution in [2.45, 2.75) is 19.4 Å². The van der Waals surface area contributed by atoms with E-state index in [0.717, 1.165) is 31.2 Å². The molecular weight excluding hydrogens is 290 g/mol. The summed E-state index contributed by atoms with van der Waals surface area (Å²) in [5.41, 5.74) is 1.29. The van der Waals surface area contributed by atoms with Crippen LogP contribution in [0.25, 0.3) is 0 Å². The van der Waals surface area contributed by atoms with Crippen LogP contribution in [-0.4, -0.2) is 47.8 Å². The molecule has 0 amide bonds. The van der Waals surface area contributed by atoms with Gasteiger partial charge in [0.2, 0.25) is 0 Å². The lowest BCUT2D eigenvalue weighted by Gasteiger charge is -2.21. The third kappa shape index (κ3) is 3.96. The van der Waals surface area contributed by atoms with Gasteiger partial charge in [-0.3, -0.25) is 4.98 Å². The third-order valence-electron chi connectivity index (χ3n) is 4.30. The van der Waals surface area contributed by atoms with Crippen LogP contribution in [0, 0.1) is 5.92 Å². The third-order valence-corrected chi connectivity index (χ3v) is 4.30. The minimum absolute atomic E-state index is 0.262. The Morgan fingerprint density at radius 3 is 2.87 bits per heavy atom. The largest absolute Gasteiger partial charge is 0.379 e. The molecule has 0 radical (unpaired) electrons. The molecule has 3 rings (SSSR count). The van der Waals surface area contributed by atoms with Crippen molar-refractivity contribution in [3.63, 3.8) is 0 Å². The van der Waals surface area contributed by atoms with E-state index in [1.54, 1.807) is 6.33 Å². The van der Waals surface area contributed by atoms with E-state index in [1.807, 2.05) is 25.5 Å². The summed E-state index contributed by atoms with van der Waals surface area (Å²) in [6, 6.07) is 6.38. The quantitative estimate of drug-likeness (QED) is 0.880. The van der Waals surface area contributed by atoms with E-state index in [9.17, 15) is 0 Å². The van der Waals surface area contributed by atoms with Crippen LogP contribution in [-0.2, 0) is 11.2 Å². The number of pyridine rings is 1. The summed E-state index contributed by atoms with van der Waals surface area (Å²) >= 11 is 0. The highest BCUT2D eigenvalue weighted by atomic mass is 16.5. The van der Waals surface area contributed by atoms with E-state index in [4.69, 9.17) is 4.74 Å². The van der Waals surface area contributed by atoms with Gasteiger partial charge in [-0.15, -0.1) is 0 Å². The molecule has 0 bridgehead atoms. The first-order valence-corrected chi connectivity index (χ1v) is 8.02. The molecule has 6 heteroatoms. The second-order valence-electron chi connectivity index (χ2n) is 5.88. The molecule has 122 valence electrons. The number of rotatable bonds is 6.